The standard InChI is InChI=1S/C17H18ClN7O6S3/c1-31-24-7(6-10(18)34-17(20)23-6)12(27)22-8-14(29)25-9(16(30)32)5(4-33-15(8)25)2-3-21-13(28)11(19)26/h8,15H,2-4H2,1H3,(H2,19,26)(H2,20,23)(H,21,28)(H,22,27)(H,30,32)/b24-7-/t8?,15-/m1/s1. The molecule has 1 saturated heterocycles. The van der Waals surface area contributed by atoms with Crippen LogP contribution < -0.4 is 22.1 Å². The van der Waals surface area contributed by atoms with Crippen LogP contribution in [0.1, 0.15) is 12.1 Å². The van der Waals surface area contributed by atoms with Crippen LogP contribution in [0.2, 0.25) is 4.34 Å². The molecule has 182 valence electrons. The smallest absolute Gasteiger partial charge is 0.309 e. The number of aromatic nitrogens is 1. The third kappa shape index (κ3) is 5.13. The Kier molecular flexibility index (Phi) is 8.06. The Balaban J connectivity index is 1.74. The minimum absolute atomic E-state index is 0.00913. The van der Waals surface area contributed by atoms with Crippen LogP contribution in [0.5, 0.6) is 0 Å². The zero-order valence-electron chi connectivity index (χ0n) is 17.4. The van der Waals surface area contributed by atoms with E-state index in [2.05, 4.69) is 33.4 Å². The topological polar surface area (TPSA) is 199 Å². The van der Waals surface area contributed by atoms with Crippen LogP contribution in [0.15, 0.2) is 16.4 Å². The molecule has 3 heterocycles. The Bertz CT molecular complexity index is 1140. The first-order valence-corrected chi connectivity index (χ1v) is 12.1. The molecule has 34 heavy (non-hydrogen) atoms. The number of rotatable bonds is 8. The number of halogens is 1. The number of carbonyl (C=O) groups is 5. The van der Waals surface area contributed by atoms with Gasteiger partial charge in [0.1, 0.15) is 28.6 Å². The van der Waals surface area contributed by atoms with Gasteiger partial charge in [-0.25, -0.2) is 4.98 Å². The van der Waals surface area contributed by atoms with Crippen molar-refractivity contribution in [3.63, 3.8) is 0 Å². The second-order valence-corrected chi connectivity index (χ2v) is 9.93. The molecule has 2 atom stereocenters. The van der Waals surface area contributed by atoms with E-state index in [-0.39, 0.29) is 39.5 Å². The quantitative estimate of drug-likeness (QED) is 0.0874. The van der Waals surface area contributed by atoms with E-state index < -0.39 is 40.2 Å². The second-order valence-electron chi connectivity index (χ2n) is 6.79. The molecular weight excluding hydrogens is 530 g/mol. The number of thioether (sulfide) groups is 1. The number of amides is 4. The second kappa shape index (κ2) is 10.6. The highest BCUT2D eigenvalue weighted by molar-refractivity contribution is 8.00. The predicted octanol–water partition coefficient (Wildman–Crippen LogP) is -1.17. The van der Waals surface area contributed by atoms with E-state index in [0.29, 0.717) is 11.3 Å². The number of primary amides is 1. The molecule has 0 saturated carbocycles. The zero-order valence-corrected chi connectivity index (χ0v) is 20.6. The highest BCUT2D eigenvalue weighted by Gasteiger charge is 2.54. The van der Waals surface area contributed by atoms with Crippen molar-refractivity contribution < 1.29 is 28.8 Å². The lowest BCUT2D eigenvalue weighted by molar-refractivity contribution is -0.146. The molecule has 2 aliphatic rings. The van der Waals surface area contributed by atoms with Gasteiger partial charge in [0.05, 0.1) is 5.70 Å². The van der Waals surface area contributed by atoms with Crippen molar-refractivity contribution in [1.82, 2.24) is 20.5 Å². The summed E-state index contributed by atoms with van der Waals surface area (Å²) in [6.07, 6.45) is 0.190. The molecule has 0 radical (unpaired) electrons. The van der Waals surface area contributed by atoms with E-state index >= 15 is 0 Å². The van der Waals surface area contributed by atoms with Gasteiger partial charge in [0, 0.05) is 12.3 Å². The summed E-state index contributed by atoms with van der Waals surface area (Å²) in [4.78, 5) is 70.0. The van der Waals surface area contributed by atoms with Crippen molar-refractivity contribution in [3.8, 4) is 0 Å². The van der Waals surface area contributed by atoms with Crippen molar-refractivity contribution >= 4 is 86.9 Å². The van der Waals surface area contributed by atoms with Gasteiger partial charge in [-0.05, 0) is 12.0 Å². The van der Waals surface area contributed by atoms with Gasteiger partial charge in [0.25, 0.3) is 11.8 Å². The number of β-lactam (4-membered cyclic amide) rings is 1. The number of nitrogen functional groups attached to an aromatic ring is 1. The number of nitrogens with two attached hydrogens (primary N) is 2. The zero-order chi connectivity index (χ0) is 25.2. The number of nitrogens with zero attached hydrogens (tertiary/aromatic N) is 3. The molecule has 3 rings (SSSR count). The van der Waals surface area contributed by atoms with Gasteiger partial charge >= 0.3 is 11.8 Å². The minimum Gasteiger partial charge on any atom is -0.398 e. The summed E-state index contributed by atoms with van der Waals surface area (Å²) >= 11 is 12.2. The van der Waals surface area contributed by atoms with E-state index in [9.17, 15) is 24.0 Å². The third-order valence-corrected chi connectivity index (χ3v) is 7.33. The Morgan fingerprint density at radius 1 is 1.35 bits per heavy atom. The first kappa shape index (κ1) is 25.8. The molecule has 6 N–H and O–H groups in total. The van der Waals surface area contributed by atoms with E-state index in [0.717, 1.165) is 11.3 Å². The fraction of sp³-hybridized carbons (Fsp3) is 0.353. The largest absolute Gasteiger partial charge is 0.398 e. The maximum absolute atomic E-state index is 12.9. The monoisotopic (exact) mass is 547 g/mol. The molecule has 0 aromatic carbocycles. The summed E-state index contributed by atoms with van der Waals surface area (Å²) in [6, 6.07) is -0.965. The van der Waals surface area contributed by atoms with Gasteiger partial charge in [0.15, 0.2) is 10.8 Å². The molecule has 4 amide bonds. The lowest BCUT2D eigenvalue weighted by atomic mass is 10.0. The highest BCUT2D eigenvalue weighted by atomic mass is 35.5. The average molecular weight is 548 g/mol. The van der Waals surface area contributed by atoms with Gasteiger partial charge in [-0.3, -0.25) is 28.9 Å². The van der Waals surface area contributed by atoms with Crippen molar-refractivity contribution in [2.24, 2.45) is 10.9 Å². The molecule has 17 heteroatoms. The first-order chi connectivity index (χ1) is 16.1. The first-order valence-electron chi connectivity index (χ1n) is 9.38. The fourth-order valence-electron chi connectivity index (χ4n) is 3.25. The Labute approximate surface area is 211 Å². The van der Waals surface area contributed by atoms with Gasteiger partial charge in [-0.15, -0.1) is 11.8 Å². The fourth-order valence-corrected chi connectivity index (χ4v) is 5.83. The van der Waals surface area contributed by atoms with Crippen molar-refractivity contribution in [1.29, 1.82) is 0 Å². The maximum atomic E-state index is 12.9. The number of thiol groups is 1. The van der Waals surface area contributed by atoms with Gasteiger partial charge in [0.2, 0.25) is 5.12 Å². The molecule has 1 aromatic heterocycles. The van der Waals surface area contributed by atoms with Crippen LogP contribution in [0.3, 0.4) is 0 Å². The Morgan fingerprint density at radius 2 is 2.06 bits per heavy atom. The number of fused-ring (bicyclic) bond motifs is 1. The minimum atomic E-state index is -1.13. The highest BCUT2D eigenvalue weighted by Crippen LogP contribution is 2.41. The summed E-state index contributed by atoms with van der Waals surface area (Å²) in [5.74, 6) is -3.08. The average Bonchev–Trinajstić information content (AvgIpc) is 3.11. The molecule has 13 nitrogen and oxygen atoms in total. The maximum Gasteiger partial charge on any atom is 0.309 e. The summed E-state index contributed by atoms with van der Waals surface area (Å²) < 4.78 is 0.121. The van der Waals surface area contributed by atoms with Crippen molar-refractivity contribution in [3.05, 3.63) is 21.3 Å². The molecule has 0 bridgehead atoms. The predicted molar refractivity (Wildman–Crippen MR) is 128 cm³/mol. The lowest BCUT2D eigenvalue weighted by Crippen LogP contribution is -2.71. The van der Waals surface area contributed by atoms with Gasteiger partial charge in [-0.2, -0.15) is 0 Å². The van der Waals surface area contributed by atoms with E-state index in [4.69, 9.17) is 27.9 Å². The van der Waals surface area contributed by atoms with E-state index in [1.165, 1.54) is 23.8 Å². The summed E-state index contributed by atoms with van der Waals surface area (Å²) in [5, 5.41) is 7.44. The van der Waals surface area contributed by atoms with Crippen molar-refractivity contribution in [2.75, 3.05) is 25.1 Å². The summed E-state index contributed by atoms with van der Waals surface area (Å²) in [7, 11) is 1.23. The molecule has 0 aliphatic carbocycles. The number of oxime groups is 1. The van der Waals surface area contributed by atoms with Crippen LogP contribution in [-0.4, -0.2) is 75.2 Å². The number of nitrogens with one attached hydrogen (secondary N) is 2. The third-order valence-electron chi connectivity index (χ3n) is 4.70. The molecule has 1 unspecified atom stereocenters. The summed E-state index contributed by atoms with van der Waals surface area (Å²) in [6.45, 7) is 0.0312. The van der Waals surface area contributed by atoms with Crippen LogP contribution >= 0.6 is 47.3 Å². The number of carbonyl (C=O) groups excluding carboxylic acids is 5. The van der Waals surface area contributed by atoms with E-state index in [1.54, 1.807) is 0 Å². The lowest BCUT2D eigenvalue weighted by Gasteiger charge is -2.49. The van der Waals surface area contributed by atoms with Crippen LogP contribution in [0.4, 0.5) is 5.13 Å². The van der Waals surface area contributed by atoms with Crippen LogP contribution in [0.25, 0.3) is 0 Å². The molecule has 1 fully saturated rings. The molecular formula is C17H18ClN7O6S3. The number of thiazole rings is 1. The van der Waals surface area contributed by atoms with Crippen LogP contribution in [-0.2, 0) is 28.8 Å². The van der Waals surface area contributed by atoms with Crippen molar-refractivity contribution in [2.45, 2.75) is 17.8 Å². The number of hydrogen-bond acceptors (Lipinski definition) is 11. The molecule has 1 aromatic rings. The molecule has 0 spiro atoms. The number of anilines is 1. The van der Waals surface area contributed by atoms with Gasteiger partial charge in [-0.1, -0.05) is 40.7 Å². The molecule has 2 aliphatic heterocycles. The number of hydrogen-bond donors (Lipinski definition) is 5. The van der Waals surface area contributed by atoms with Gasteiger partial charge < -0.3 is 26.9 Å². The van der Waals surface area contributed by atoms with E-state index in [1.807, 2.05) is 0 Å². The normalized spacial score (nSPS) is 19.8. The summed E-state index contributed by atoms with van der Waals surface area (Å²) in [5.41, 5.74) is 10.9. The Morgan fingerprint density at radius 3 is 2.62 bits per heavy atom. The van der Waals surface area contributed by atoms with Crippen LogP contribution in [0, 0.1) is 0 Å². The SMILES string of the molecule is CO/N=C(\C(=O)NC1C(=O)N2C(C(=O)S)=C(CCNC(=O)C(N)=O)CS[C@H]12)c1nc(N)sc1Cl. The Hall–Kier alpha value is -2.82.